The van der Waals surface area contributed by atoms with E-state index in [0.29, 0.717) is 13.2 Å². The highest BCUT2D eigenvalue weighted by atomic mass is 16.5. The number of hydrogen-bond donors (Lipinski definition) is 1. The van der Waals surface area contributed by atoms with Crippen molar-refractivity contribution in [3.63, 3.8) is 0 Å². The van der Waals surface area contributed by atoms with Crippen molar-refractivity contribution >= 4 is 28.3 Å². The van der Waals surface area contributed by atoms with Crippen molar-refractivity contribution in [2.75, 3.05) is 23.8 Å². The van der Waals surface area contributed by atoms with Crippen molar-refractivity contribution < 1.29 is 9.53 Å². The Kier molecular flexibility index (Phi) is 3.68. The Hall–Kier alpha value is -3.94. The summed E-state index contributed by atoms with van der Waals surface area (Å²) in [5.74, 6) is 0.907. The second-order valence-electron chi connectivity index (χ2n) is 6.36. The van der Waals surface area contributed by atoms with Crippen molar-refractivity contribution in [1.29, 1.82) is 0 Å². The Morgan fingerprint density at radius 1 is 1.07 bits per heavy atom. The van der Waals surface area contributed by atoms with Crippen molar-refractivity contribution in [2.45, 2.75) is 0 Å². The molecule has 0 fully saturated rings. The summed E-state index contributed by atoms with van der Waals surface area (Å²) in [4.78, 5) is 27.1. The molecule has 3 aromatic heterocycles. The number of fused-ring (bicyclic) bond motifs is 2. The Morgan fingerprint density at radius 3 is 2.86 bits per heavy atom. The SMILES string of the molecule is Nc1ncnc2c1C(=O)N(c1ccc3c(ccn3-c3ccccn3)c1)CCO2. The third kappa shape index (κ3) is 2.54. The van der Waals surface area contributed by atoms with Gasteiger partial charge in [-0.2, -0.15) is 0 Å². The van der Waals surface area contributed by atoms with E-state index in [-0.39, 0.29) is 23.2 Å². The summed E-state index contributed by atoms with van der Waals surface area (Å²) in [7, 11) is 0. The van der Waals surface area contributed by atoms with E-state index in [2.05, 4.69) is 15.0 Å². The molecule has 1 amide bonds. The van der Waals surface area contributed by atoms with Crippen LogP contribution in [0.1, 0.15) is 10.4 Å². The van der Waals surface area contributed by atoms with Gasteiger partial charge < -0.3 is 19.9 Å². The third-order valence-corrected chi connectivity index (χ3v) is 4.74. The van der Waals surface area contributed by atoms with Crippen molar-refractivity contribution in [3.8, 4) is 11.7 Å². The maximum Gasteiger partial charge on any atom is 0.267 e. The first-order chi connectivity index (χ1) is 13.7. The van der Waals surface area contributed by atoms with Gasteiger partial charge in [0.2, 0.25) is 5.88 Å². The number of anilines is 2. The van der Waals surface area contributed by atoms with Crippen LogP contribution < -0.4 is 15.4 Å². The van der Waals surface area contributed by atoms with Crippen LogP contribution in [0.3, 0.4) is 0 Å². The van der Waals surface area contributed by atoms with E-state index in [1.165, 1.54) is 6.33 Å². The van der Waals surface area contributed by atoms with Crippen LogP contribution >= 0.6 is 0 Å². The molecule has 1 aromatic carbocycles. The van der Waals surface area contributed by atoms with Gasteiger partial charge in [-0.05, 0) is 36.4 Å². The number of hydrogen-bond acceptors (Lipinski definition) is 6. The number of rotatable bonds is 2. The number of benzene rings is 1. The summed E-state index contributed by atoms with van der Waals surface area (Å²) in [5, 5.41) is 0.999. The lowest BCUT2D eigenvalue weighted by molar-refractivity contribution is 0.0990. The molecule has 8 heteroatoms. The van der Waals surface area contributed by atoms with Gasteiger partial charge in [-0.1, -0.05) is 6.07 Å². The highest BCUT2D eigenvalue weighted by Crippen LogP contribution is 2.30. The summed E-state index contributed by atoms with van der Waals surface area (Å²) < 4.78 is 7.60. The first kappa shape index (κ1) is 16.2. The number of carbonyl (C=O) groups is 1. The molecule has 138 valence electrons. The van der Waals surface area contributed by atoms with Crippen LogP contribution in [-0.4, -0.2) is 38.6 Å². The Bertz CT molecular complexity index is 1190. The second kappa shape index (κ2) is 6.34. The summed E-state index contributed by atoms with van der Waals surface area (Å²) in [6.45, 7) is 0.712. The molecular weight excluding hydrogens is 356 g/mol. The number of carbonyl (C=O) groups excluding carboxylic acids is 1. The molecule has 28 heavy (non-hydrogen) atoms. The number of pyridine rings is 1. The highest BCUT2D eigenvalue weighted by molar-refractivity contribution is 6.11. The monoisotopic (exact) mass is 372 g/mol. The van der Waals surface area contributed by atoms with Gasteiger partial charge >= 0.3 is 0 Å². The molecule has 2 N–H and O–H groups in total. The Labute approximate surface area is 160 Å². The van der Waals surface area contributed by atoms with Crippen LogP contribution in [-0.2, 0) is 0 Å². The molecule has 1 aliphatic rings. The third-order valence-electron chi connectivity index (χ3n) is 4.74. The largest absolute Gasteiger partial charge is 0.475 e. The van der Waals surface area contributed by atoms with Crippen molar-refractivity contribution in [3.05, 3.63) is 66.7 Å². The molecule has 0 saturated heterocycles. The quantitative estimate of drug-likeness (QED) is 0.580. The molecule has 0 atom stereocenters. The molecule has 1 aliphatic heterocycles. The molecule has 4 aromatic rings. The first-order valence-corrected chi connectivity index (χ1v) is 8.80. The normalized spacial score (nSPS) is 13.9. The zero-order valence-corrected chi connectivity index (χ0v) is 14.8. The fraction of sp³-hybridized carbons (Fsp3) is 0.100. The molecule has 0 spiro atoms. The minimum absolute atomic E-state index is 0.115. The molecule has 0 bridgehead atoms. The first-order valence-electron chi connectivity index (χ1n) is 8.80. The maximum atomic E-state index is 13.1. The molecule has 0 saturated carbocycles. The van der Waals surface area contributed by atoms with Crippen LogP contribution in [0.5, 0.6) is 5.88 Å². The van der Waals surface area contributed by atoms with Crippen LogP contribution in [0.15, 0.2) is 61.2 Å². The lowest BCUT2D eigenvalue weighted by Gasteiger charge is -2.20. The summed E-state index contributed by atoms with van der Waals surface area (Å²) in [6.07, 6.45) is 5.02. The van der Waals surface area contributed by atoms with Crippen molar-refractivity contribution in [1.82, 2.24) is 19.5 Å². The van der Waals surface area contributed by atoms with Crippen LogP contribution in [0.25, 0.3) is 16.7 Å². The molecule has 0 aliphatic carbocycles. The highest BCUT2D eigenvalue weighted by Gasteiger charge is 2.28. The van der Waals surface area contributed by atoms with E-state index in [1.54, 1.807) is 11.1 Å². The van der Waals surface area contributed by atoms with Gasteiger partial charge in [-0.3, -0.25) is 4.79 Å². The van der Waals surface area contributed by atoms with Gasteiger partial charge in [0.1, 0.15) is 30.1 Å². The van der Waals surface area contributed by atoms with E-state index in [9.17, 15) is 4.79 Å². The van der Waals surface area contributed by atoms with Gasteiger partial charge in [0, 0.05) is 23.5 Å². The Balaban J connectivity index is 1.56. The van der Waals surface area contributed by atoms with Gasteiger partial charge in [-0.25, -0.2) is 15.0 Å². The minimum atomic E-state index is -0.269. The molecular formula is C20H16N6O2. The number of ether oxygens (including phenoxy) is 1. The summed E-state index contributed by atoms with van der Waals surface area (Å²) >= 11 is 0. The lowest BCUT2D eigenvalue weighted by Crippen LogP contribution is -2.32. The second-order valence-corrected chi connectivity index (χ2v) is 6.36. The Morgan fingerprint density at radius 2 is 2.00 bits per heavy atom. The molecule has 8 nitrogen and oxygen atoms in total. The zero-order chi connectivity index (χ0) is 19.1. The molecule has 5 rings (SSSR count). The van der Waals surface area contributed by atoms with Gasteiger partial charge in [0.05, 0.1) is 12.1 Å². The van der Waals surface area contributed by atoms with Gasteiger partial charge in [0.25, 0.3) is 5.91 Å². The van der Waals surface area contributed by atoms with E-state index >= 15 is 0 Å². The molecule has 4 heterocycles. The predicted molar refractivity (Wildman–Crippen MR) is 105 cm³/mol. The lowest BCUT2D eigenvalue weighted by atomic mass is 10.2. The van der Waals surface area contributed by atoms with Gasteiger partial charge in [-0.15, -0.1) is 0 Å². The zero-order valence-electron chi connectivity index (χ0n) is 14.8. The molecule has 0 unspecified atom stereocenters. The van der Waals surface area contributed by atoms with E-state index in [0.717, 1.165) is 22.4 Å². The minimum Gasteiger partial charge on any atom is -0.475 e. The smallest absolute Gasteiger partial charge is 0.267 e. The fourth-order valence-corrected chi connectivity index (χ4v) is 3.40. The number of nitrogens with zero attached hydrogens (tertiary/aromatic N) is 5. The number of nitrogen functional groups attached to an aromatic ring is 1. The molecule has 0 radical (unpaired) electrons. The summed E-state index contributed by atoms with van der Waals surface area (Å²) in [6, 6.07) is 13.6. The predicted octanol–water partition coefficient (Wildman–Crippen LogP) is 2.44. The number of aromatic nitrogens is 4. The number of amides is 1. The average molecular weight is 372 g/mol. The number of nitrogens with two attached hydrogens (primary N) is 1. The van der Waals surface area contributed by atoms with E-state index in [1.807, 2.05) is 53.2 Å². The van der Waals surface area contributed by atoms with Gasteiger partial charge in [0.15, 0.2) is 0 Å². The summed E-state index contributed by atoms with van der Waals surface area (Å²) in [5.41, 5.74) is 7.88. The average Bonchev–Trinajstić information content (AvgIpc) is 3.06. The van der Waals surface area contributed by atoms with Crippen LogP contribution in [0, 0.1) is 0 Å². The topological polar surface area (TPSA) is 99.2 Å². The van der Waals surface area contributed by atoms with E-state index in [4.69, 9.17) is 10.5 Å². The van der Waals surface area contributed by atoms with E-state index < -0.39 is 0 Å². The maximum absolute atomic E-state index is 13.1. The van der Waals surface area contributed by atoms with Crippen LogP contribution in [0.4, 0.5) is 11.5 Å². The fourth-order valence-electron chi connectivity index (χ4n) is 3.40. The van der Waals surface area contributed by atoms with Crippen molar-refractivity contribution in [2.24, 2.45) is 0 Å². The van der Waals surface area contributed by atoms with Crippen LogP contribution in [0.2, 0.25) is 0 Å². The standard InChI is InChI=1S/C20H16N6O2/c21-18-17-19(24-12-23-18)28-10-9-25(20(17)27)14-4-5-15-13(11-14)6-8-26(15)16-3-1-2-7-22-16/h1-8,11-12H,9-10H2,(H2,21,23,24).